The van der Waals surface area contributed by atoms with Crippen molar-refractivity contribution >= 4 is 21.7 Å². The van der Waals surface area contributed by atoms with Crippen LogP contribution in [0.1, 0.15) is 13.8 Å². The summed E-state index contributed by atoms with van der Waals surface area (Å²) in [6.07, 6.45) is 1.10. The highest BCUT2D eigenvalue weighted by molar-refractivity contribution is 7.89. The summed E-state index contributed by atoms with van der Waals surface area (Å²) >= 11 is 0. The van der Waals surface area contributed by atoms with Gasteiger partial charge in [0.05, 0.1) is 12.2 Å². The lowest BCUT2D eigenvalue weighted by atomic mass is 10.3. The van der Waals surface area contributed by atoms with Crippen molar-refractivity contribution in [3.8, 4) is 0 Å². The number of anilines is 1. The molecule has 102 valence electrons. The molecule has 1 aromatic heterocycles. The highest BCUT2D eigenvalue weighted by atomic mass is 32.2. The van der Waals surface area contributed by atoms with Crippen molar-refractivity contribution in [3.05, 3.63) is 6.20 Å². The minimum absolute atomic E-state index is 0.0639. The fourth-order valence-corrected chi connectivity index (χ4v) is 2.55. The van der Waals surface area contributed by atoms with E-state index < -0.39 is 16.1 Å². The number of hydrogen-bond donors (Lipinski definition) is 3. The van der Waals surface area contributed by atoms with Crippen molar-refractivity contribution < 1.29 is 13.2 Å². The quantitative estimate of drug-likeness (QED) is 0.645. The molecule has 0 aliphatic heterocycles. The number of rotatable bonds is 5. The van der Waals surface area contributed by atoms with E-state index in [0.29, 0.717) is 6.54 Å². The van der Waals surface area contributed by atoms with Gasteiger partial charge in [-0.2, -0.15) is 9.82 Å². The number of aromatic amines is 1. The van der Waals surface area contributed by atoms with Gasteiger partial charge in [0, 0.05) is 13.6 Å². The maximum atomic E-state index is 11.9. The molecule has 1 unspecified atom stereocenters. The molecule has 0 saturated carbocycles. The lowest BCUT2D eigenvalue weighted by Gasteiger charge is -2.20. The second-order valence-corrected chi connectivity index (χ2v) is 5.53. The molecular formula is C9H17N5O3S. The highest BCUT2D eigenvalue weighted by Crippen LogP contribution is 2.14. The van der Waals surface area contributed by atoms with Crippen LogP contribution in [-0.2, 0) is 14.8 Å². The Morgan fingerprint density at radius 1 is 1.67 bits per heavy atom. The molecule has 0 fully saturated rings. The number of carbonyl (C=O) groups excluding carboxylic acids is 1. The molecule has 0 aliphatic rings. The Hall–Kier alpha value is -1.61. The Labute approximate surface area is 106 Å². The number of amides is 1. The average Bonchev–Trinajstić information content (AvgIpc) is 2.73. The number of hydrogen-bond acceptors (Lipinski definition) is 5. The normalized spacial score (nSPS) is 13.3. The summed E-state index contributed by atoms with van der Waals surface area (Å²) in [6, 6.07) is -0.866. The average molecular weight is 275 g/mol. The van der Waals surface area contributed by atoms with Crippen LogP contribution in [0.4, 0.5) is 5.82 Å². The largest absolute Gasteiger partial charge is 0.383 e. The van der Waals surface area contributed by atoms with Crippen molar-refractivity contribution in [1.82, 2.24) is 19.8 Å². The van der Waals surface area contributed by atoms with Gasteiger partial charge in [0.15, 0.2) is 0 Å². The van der Waals surface area contributed by atoms with Crippen molar-refractivity contribution in [1.29, 1.82) is 0 Å². The Kier molecular flexibility index (Phi) is 4.30. The SMILES string of the molecule is CCN(C)C(=O)C(C)NS(=O)(=O)c1cn[nH]c1N. The number of H-pyrrole nitrogens is 1. The van der Waals surface area contributed by atoms with E-state index in [0.717, 1.165) is 6.20 Å². The number of nitrogens with one attached hydrogen (secondary N) is 2. The summed E-state index contributed by atoms with van der Waals surface area (Å²) < 4.78 is 26.1. The number of aromatic nitrogens is 2. The zero-order valence-corrected chi connectivity index (χ0v) is 11.3. The number of carbonyl (C=O) groups is 1. The molecule has 0 bridgehead atoms. The van der Waals surface area contributed by atoms with Crippen LogP contribution in [0.15, 0.2) is 11.1 Å². The molecule has 4 N–H and O–H groups in total. The fraction of sp³-hybridized carbons (Fsp3) is 0.556. The van der Waals surface area contributed by atoms with Crippen LogP contribution < -0.4 is 10.5 Å². The topological polar surface area (TPSA) is 121 Å². The van der Waals surface area contributed by atoms with Gasteiger partial charge in [-0.05, 0) is 13.8 Å². The molecule has 1 amide bonds. The van der Waals surface area contributed by atoms with Gasteiger partial charge in [0.1, 0.15) is 10.7 Å². The summed E-state index contributed by atoms with van der Waals surface area (Å²) in [5, 5.41) is 5.85. The minimum atomic E-state index is -3.85. The zero-order chi connectivity index (χ0) is 13.9. The smallest absolute Gasteiger partial charge is 0.246 e. The van der Waals surface area contributed by atoms with Crippen molar-refractivity contribution in [3.63, 3.8) is 0 Å². The third-order valence-electron chi connectivity index (χ3n) is 2.47. The zero-order valence-electron chi connectivity index (χ0n) is 10.5. The second kappa shape index (κ2) is 5.36. The van der Waals surface area contributed by atoms with Crippen molar-refractivity contribution in [2.75, 3.05) is 19.3 Å². The van der Waals surface area contributed by atoms with Crippen LogP contribution in [0.3, 0.4) is 0 Å². The van der Waals surface area contributed by atoms with Crippen LogP contribution in [0, 0.1) is 0 Å². The second-order valence-electron chi connectivity index (χ2n) is 3.84. The summed E-state index contributed by atoms with van der Waals surface area (Å²) in [5.41, 5.74) is 5.43. The molecular weight excluding hydrogens is 258 g/mol. The summed E-state index contributed by atoms with van der Waals surface area (Å²) in [6.45, 7) is 3.77. The Balaban J connectivity index is 2.85. The molecule has 1 rings (SSSR count). The van der Waals surface area contributed by atoms with Crippen LogP contribution in [0.25, 0.3) is 0 Å². The Bertz CT molecular complexity index is 524. The maximum Gasteiger partial charge on any atom is 0.246 e. The van der Waals surface area contributed by atoms with Gasteiger partial charge in [-0.25, -0.2) is 8.42 Å². The summed E-state index contributed by atoms with van der Waals surface area (Å²) in [7, 11) is -2.25. The van der Waals surface area contributed by atoms with E-state index in [1.807, 2.05) is 0 Å². The predicted octanol–water partition coefficient (Wildman–Crippen LogP) is -0.863. The molecule has 0 saturated heterocycles. The first-order chi connectivity index (χ1) is 8.29. The molecule has 1 aromatic rings. The van der Waals surface area contributed by atoms with E-state index >= 15 is 0 Å². The number of nitrogen functional groups attached to an aromatic ring is 1. The van der Waals surface area contributed by atoms with E-state index in [1.165, 1.54) is 11.8 Å². The summed E-state index contributed by atoms with van der Waals surface area (Å²) in [4.78, 5) is 13.0. The highest BCUT2D eigenvalue weighted by Gasteiger charge is 2.26. The third kappa shape index (κ3) is 2.99. The van der Waals surface area contributed by atoms with Gasteiger partial charge in [-0.15, -0.1) is 0 Å². The third-order valence-corrected chi connectivity index (χ3v) is 4.04. The van der Waals surface area contributed by atoms with Gasteiger partial charge in [-0.1, -0.05) is 0 Å². The molecule has 18 heavy (non-hydrogen) atoms. The lowest BCUT2D eigenvalue weighted by Crippen LogP contribution is -2.45. The molecule has 1 heterocycles. The van der Waals surface area contributed by atoms with Gasteiger partial charge < -0.3 is 10.6 Å². The minimum Gasteiger partial charge on any atom is -0.383 e. The monoisotopic (exact) mass is 275 g/mol. The molecule has 0 spiro atoms. The fourth-order valence-electron chi connectivity index (χ4n) is 1.33. The number of nitrogens with zero attached hydrogens (tertiary/aromatic N) is 2. The van der Waals surface area contributed by atoms with Crippen molar-refractivity contribution in [2.24, 2.45) is 0 Å². The molecule has 8 nitrogen and oxygen atoms in total. The van der Waals surface area contributed by atoms with E-state index in [9.17, 15) is 13.2 Å². The molecule has 1 atom stereocenters. The van der Waals surface area contributed by atoms with Crippen molar-refractivity contribution in [2.45, 2.75) is 24.8 Å². The maximum absolute atomic E-state index is 11.9. The van der Waals surface area contributed by atoms with E-state index in [2.05, 4.69) is 14.9 Å². The molecule has 0 aromatic carbocycles. The number of nitrogens with two attached hydrogens (primary N) is 1. The van der Waals surface area contributed by atoms with E-state index in [1.54, 1.807) is 14.0 Å². The van der Waals surface area contributed by atoms with Gasteiger partial charge in [0.25, 0.3) is 0 Å². The molecule has 0 aliphatic carbocycles. The first kappa shape index (κ1) is 14.5. The van der Waals surface area contributed by atoms with Crippen LogP contribution >= 0.6 is 0 Å². The Morgan fingerprint density at radius 2 is 2.28 bits per heavy atom. The number of sulfonamides is 1. The summed E-state index contributed by atoms with van der Waals surface area (Å²) in [5.74, 6) is -0.380. The first-order valence-electron chi connectivity index (χ1n) is 5.35. The van der Waals surface area contributed by atoms with E-state index in [4.69, 9.17) is 5.73 Å². The Morgan fingerprint density at radius 3 is 2.72 bits per heavy atom. The molecule has 0 radical (unpaired) electrons. The molecule has 9 heteroatoms. The van der Waals surface area contributed by atoms with Crippen LogP contribution in [-0.4, -0.2) is 49.1 Å². The van der Waals surface area contributed by atoms with Gasteiger partial charge in [-0.3, -0.25) is 9.89 Å². The first-order valence-corrected chi connectivity index (χ1v) is 6.84. The lowest BCUT2D eigenvalue weighted by molar-refractivity contribution is -0.131. The standard InChI is InChI=1S/C9H17N5O3S/c1-4-14(3)9(15)6(2)13-18(16,17)7-5-11-12-8(7)10/h5-6,13H,4H2,1-3H3,(H3,10,11,12). The number of likely N-dealkylation sites (N-methyl/N-ethyl adjacent to an activating group) is 1. The van der Waals surface area contributed by atoms with E-state index in [-0.39, 0.29) is 16.6 Å². The predicted molar refractivity (Wildman–Crippen MR) is 66.1 cm³/mol. The van der Waals surface area contributed by atoms with Crippen LogP contribution in [0.2, 0.25) is 0 Å². The van der Waals surface area contributed by atoms with Crippen LogP contribution in [0.5, 0.6) is 0 Å². The van der Waals surface area contributed by atoms with Gasteiger partial charge >= 0.3 is 0 Å². The van der Waals surface area contributed by atoms with Gasteiger partial charge in [0.2, 0.25) is 15.9 Å².